The van der Waals surface area contributed by atoms with Crippen molar-refractivity contribution in [3.8, 4) is 0 Å². The van der Waals surface area contributed by atoms with Gasteiger partial charge in [-0.25, -0.2) is 4.39 Å². The average Bonchev–Trinajstić information content (AvgIpc) is 1.83. The van der Waals surface area contributed by atoms with Gasteiger partial charge in [0.2, 0.25) is 3.79 Å². The van der Waals surface area contributed by atoms with E-state index in [4.69, 9.17) is 34.8 Å². The monoisotopic (exact) mass is 338 g/mol. The van der Waals surface area contributed by atoms with Crippen LogP contribution in [-0.4, -0.2) is 0 Å². The molecule has 0 aliphatic rings. The first-order chi connectivity index (χ1) is 5.41. The van der Waals surface area contributed by atoms with E-state index in [1.165, 1.54) is 12.1 Å². The van der Waals surface area contributed by atoms with Gasteiger partial charge in [0.25, 0.3) is 0 Å². The third-order valence-corrected chi connectivity index (χ3v) is 2.52. The second-order valence-corrected chi connectivity index (χ2v) is 5.65. The lowest BCUT2D eigenvalue weighted by Crippen LogP contribution is -2.03. The molecule has 5 heteroatoms. The molecule has 0 radical (unpaired) electrons. The van der Waals surface area contributed by atoms with Crippen molar-refractivity contribution in [2.45, 2.75) is 3.79 Å². The van der Waals surface area contributed by atoms with Crippen LogP contribution >= 0.6 is 57.4 Å². The average molecular weight is 339 g/mol. The van der Waals surface area contributed by atoms with Crippen molar-refractivity contribution in [2.24, 2.45) is 0 Å². The summed E-state index contributed by atoms with van der Waals surface area (Å²) < 4.78 is 12.2. The van der Waals surface area contributed by atoms with E-state index in [1.54, 1.807) is 6.07 Å². The number of benzene rings is 1. The summed E-state index contributed by atoms with van der Waals surface area (Å²) in [5, 5.41) is 0. The number of halogens is 5. The van der Waals surface area contributed by atoms with Crippen LogP contribution in [-0.2, 0) is 3.79 Å². The van der Waals surface area contributed by atoms with E-state index in [0.717, 1.165) is 3.57 Å². The SMILES string of the molecule is Fc1cc(I)ccc1C(Cl)(Cl)Cl. The van der Waals surface area contributed by atoms with Gasteiger partial charge in [-0.1, -0.05) is 40.9 Å². The highest BCUT2D eigenvalue weighted by Crippen LogP contribution is 2.39. The van der Waals surface area contributed by atoms with Crippen LogP contribution in [0, 0.1) is 9.39 Å². The lowest BCUT2D eigenvalue weighted by molar-refractivity contribution is 0.612. The van der Waals surface area contributed by atoms with Gasteiger partial charge in [-0.05, 0) is 34.7 Å². The van der Waals surface area contributed by atoms with Crippen LogP contribution < -0.4 is 0 Å². The molecule has 0 nitrogen and oxygen atoms in total. The molecule has 12 heavy (non-hydrogen) atoms. The molecule has 1 aromatic rings. The number of hydrogen-bond acceptors (Lipinski definition) is 0. The molecule has 0 unspecified atom stereocenters. The summed E-state index contributed by atoms with van der Waals surface area (Å²) in [6, 6.07) is 4.46. The summed E-state index contributed by atoms with van der Waals surface area (Å²) in [5.41, 5.74) is 0.0768. The Morgan fingerprint density at radius 2 is 1.83 bits per heavy atom. The molecule has 0 aromatic heterocycles. The van der Waals surface area contributed by atoms with Gasteiger partial charge in [-0.15, -0.1) is 0 Å². The molecule has 0 saturated heterocycles. The first-order valence-electron chi connectivity index (χ1n) is 2.93. The Hall–Kier alpha value is 0.750. The van der Waals surface area contributed by atoms with E-state index in [-0.39, 0.29) is 5.56 Å². The lowest BCUT2D eigenvalue weighted by Gasteiger charge is -2.11. The van der Waals surface area contributed by atoms with Gasteiger partial charge in [0, 0.05) is 9.13 Å². The van der Waals surface area contributed by atoms with Crippen molar-refractivity contribution in [2.75, 3.05) is 0 Å². The first-order valence-corrected chi connectivity index (χ1v) is 5.15. The number of hydrogen-bond donors (Lipinski definition) is 0. The van der Waals surface area contributed by atoms with Crippen molar-refractivity contribution in [1.29, 1.82) is 0 Å². The van der Waals surface area contributed by atoms with Crippen LogP contribution in [0.15, 0.2) is 18.2 Å². The Labute approximate surface area is 98.1 Å². The van der Waals surface area contributed by atoms with E-state index in [1.807, 2.05) is 22.6 Å². The Kier molecular flexibility index (Phi) is 3.49. The van der Waals surface area contributed by atoms with Crippen LogP contribution in [0.25, 0.3) is 0 Å². The second-order valence-electron chi connectivity index (χ2n) is 2.12. The van der Waals surface area contributed by atoms with Crippen molar-refractivity contribution in [3.63, 3.8) is 0 Å². The zero-order valence-corrected chi connectivity index (χ0v) is 10.0. The largest absolute Gasteiger partial charge is 0.218 e. The summed E-state index contributed by atoms with van der Waals surface area (Å²) in [7, 11) is 0. The normalized spacial score (nSPS) is 11.8. The van der Waals surface area contributed by atoms with E-state index >= 15 is 0 Å². The molecule has 66 valence electrons. The fraction of sp³-hybridized carbons (Fsp3) is 0.143. The van der Waals surface area contributed by atoms with E-state index in [0.29, 0.717) is 0 Å². The van der Waals surface area contributed by atoms with Crippen LogP contribution in [0.5, 0.6) is 0 Å². The quantitative estimate of drug-likeness (QED) is 0.489. The van der Waals surface area contributed by atoms with Crippen LogP contribution in [0.3, 0.4) is 0 Å². The smallest absolute Gasteiger partial charge is 0.206 e. The third-order valence-electron chi connectivity index (χ3n) is 1.24. The summed E-state index contributed by atoms with van der Waals surface area (Å²) in [4.78, 5) is 0. The molecule has 0 aliphatic carbocycles. The summed E-state index contributed by atoms with van der Waals surface area (Å²) >= 11 is 18.5. The van der Waals surface area contributed by atoms with Gasteiger partial charge < -0.3 is 0 Å². The molecular weight excluding hydrogens is 336 g/mol. The highest BCUT2D eigenvalue weighted by molar-refractivity contribution is 14.1. The Morgan fingerprint density at radius 1 is 1.25 bits per heavy atom. The first kappa shape index (κ1) is 10.8. The fourth-order valence-electron chi connectivity index (χ4n) is 0.719. The van der Waals surface area contributed by atoms with Gasteiger partial charge in [0.1, 0.15) is 5.82 Å². The van der Waals surface area contributed by atoms with Crippen molar-refractivity contribution < 1.29 is 4.39 Å². The highest BCUT2D eigenvalue weighted by Gasteiger charge is 2.26. The zero-order valence-electron chi connectivity index (χ0n) is 5.62. The van der Waals surface area contributed by atoms with Gasteiger partial charge in [-0.3, -0.25) is 0 Å². The van der Waals surface area contributed by atoms with Crippen LogP contribution in [0.1, 0.15) is 5.56 Å². The molecular formula is C7H3Cl3FI. The van der Waals surface area contributed by atoms with E-state index in [2.05, 4.69) is 0 Å². The molecule has 1 aromatic carbocycles. The maximum Gasteiger partial charge on any atom is 0.218 e. The van der Waals surface area contributed by atoms with Gasteiger partial charge in [0.05, 0.1) is 0 Å². The van der Waals surface area contributed by atoms with Crippen molar-refractivity contribution >= 4 is 57.4 Å². The summed E-state index contributed by atoms with van der Waals surface area (Å²) in [5.74, 6) is -0.498. The van der Waals surface area contributed by atoms with Crippen molar-refractivity contribution in [3.05, 3.63) is 33.1 Å². The molecule has 0 fully saturated rings. The Bertz CT molecular complexity index is 295. The van der Waals surface area contributed by atoms with E-state index in [9.17, 15) is 4.39 Å². The standard InChI is InChI=1S/C7H3Cl3FI/c8-7(9,10)5-2-1-4(12)3-6(5)11/h1-3H. The molecule has 0 saturated carbocycles. The molecule has 0 amide bonds. The molecule has 0 spiro atoms. The molecule has 0 bridgehead atoms. The van der Waals surface area contributed by atoms with E-state index < -0.39 is 9.61 Å². The minimum atomic E-state index is -1.69. The van der Waals surface area contributed by atoms with Crippen LogP contribution in [0.4, 0.5) is 4.39 Å². The fourth-order valence-corrected chi connectivity index (χ4v) is 1.63. The van der Waals surface area contributed by atoms with Crippen LogP contribution in [0.2, 0.25) is 0 Å². The number of rotatable bonds is 0. The Balaban J connectivity index is 3.19. The van der Waals surface area contributed by atoms with Gasteiger partial charge >= 0.3 is 0 Å². The highest BCUT2D eigenvalue weighted by atomic mass is 127. The molecule has 0 heterocycles. The predicted octanol–water partition coefficient (Wildman–Crippen LogP) is 4.26. The minimum absolute atomic E-state index is 0.0768. The third kappa shape index (κ3) is 2.62. The molecule has 0 aliphatic heterocycles. The van der Waals surface area contributed by atoms with Gasteiger partial charge in [0.15, 0.2) is 0 Å². The topological polar surface area (TPSA) is 0 Å². The minimum Gasteiger partial charge on any atom is -0.206 e. The maximum absolute atomic E-state index is 13.1. The summed E-state index contributed by atoms with van der Waals surface area (Å²) in [6.45, 7) is 0. The predicted molar refractivity (Wildman–Crippen MR) is 58.4 cm³/mol. The Morgan fingerprint density at radius 3 is 2.25 bits per heavy atom. The van der Waals surface area contributed by atoms with Gasteiger partial charge in [-0.2, -0.15) is 0 Å². The molecule has 1 rings (SSSR count). The maximum atomic E-state index is 13.1. The zero-order chi connectivity index (χ0) is 9.35. The lowest BCUT2D eigenvalue weighted by atomic mass is 10.2. The second kappa shape index (κ2) is 3.86. The molecule has 0 atom stereocenters. The molecule has 0 N–H and O–H groups in total. The summed E-state index contributed by atoms with van der Waals surface area (Å²) in [6.07, 6.45) is 0. The number of alkyl halides is 3. The van der Waals surface area contributed by atoms with Crippen molar-refractivity contribution in [1.82, 2.24) is 0 Å².